The summed E-state index contributed by atoms with van der Waals surface area (Å²) < 4.78 is 21.3. The zero-order valence-corrected chi connectivity index (χ0v) is 15.6. The van der Waals surface area contributed by atoms with E-state index < -0.39 is 5.82 Å². The topological polar surface area (TPSA) is 81.9 Å². The Balaban J connectivity index is 1.37. The highest BCUT2D eigenvalue weighted by Crippen LogP contribution is 2.24. The van der Waals surface area contributed by atoms with Crippen LogP contribution >= 0.6 is 0 Å². The van der Waals surface area contributed by atoms with E-state index in [0.717, 1.165) is 0 Å². The fourth-order valence-corrected chi connectivity index (χ4v) is 2.59. The number of halogens is 1. The van der Waals surface area contributed by atoms with Crippen LogP contribution in [0.5, 0.6) is 11.5 Å². The SMILES string of the molecule is O=C(/C=C/c1ccc(Oc2cccnc2)c(F)c1)Nc1ccc(-n2cccn2)nc1. The number of carbonyl (C=O) groups excluding carboxylic acids is 1. The molecule has 0 atom stereocenters. The Bertz CT molecular complexity index is 1160. The molecule has 8 heteroatoms. The van der Waals surface area contributed by atoms with E-state index in [1.54, 1.807) is 59.7 Å². The molecule has 7 nitrogen and oxygen atoms in total. The van der Waals surface area contributed by atoms with Crippen molar-refractivity contribution < 1.29 is 13.9 Å². The molecule has 0 saturated carbocycles. The molecule has 3 heterocycles. The first-order valence-corrected chi connectivity index (χ1v) is 9.00. The highest BCUT2D eigenvalue weighted by Gasteiger charge is 2.06. The van der Waals surface area contributed by atoms with Crippen molar-refractivity contribution >= 4 is 17.7 Å². The molecule has 1 amide bonds. The zero-order chi connectivity index (χ0) is 20.8. The number of ether oxygens (including phenoxy) is 1. The summed E-state index contributed by atoms with van der Waals surface area (Å²) in [5, 5.41) is 6.79. The Morgan fingerprint density at radius 3 is 2.73 bits per heavy atom. The minimum absolute atomic E-state index is 0.0768. The largest absolute Gasteiger partial charge is 0.453 e. The molecule has 0 radical (unpaired) electrons. The van der Waals surface area contributed by atoms with Gasteiger partial charge in [-0.25, -0.2) is 14.1 Å². The summed E-state index contributed by atoms with van der Waals surface area (Å²) in [5.74, 6) is 0.247. The van der Waals surface area contributed by atoms with Gasteiger partial charge in [0.2, 0.25) is 5.91 Å². The lowest BCUT2D eigenvalue weighted by molar-refractivity contribution is -0.111. The van der Waals surface area contributed by atoms with E-state index in [9.17, 15) is 9.18 Å². The highest BCUT2D eigenvalue weighted by atomic mass is 19.1. The smallest absolute Gasteiger partial charge is 0.248 e. The van der Waals surface area contributed by atoms with Crippen LogP contribution in [-0.2, 0) is 4.79 Å². The first-order chi connectivity index (χ1) is 14.7. The summed E-state index contributed by atoms with van der Waals surface area (Å²) in [4.78, 5) is 20.3. The van der Waals surface area contributed by atoms with Crippen LogP contribution in [0.2, 0.25) is 0 Å². The van der Waals surface area contributed by atoms with Crippen LogP contribution in [-0.4, -0.2) is 25.7 Å². The normalized spacial score (nSPS) is 10.8. The van der Waals surface area contributed by atoms with Crippen molar-refractivity contribution in [1.29, 1.82) is 0 Å². The molecule has 0 unspecified atom stereocenters. The van der Waals surface area contributed by atoms with Crippen molar-refractivity contribution in [2.45, 2.75) is 0 Å². The first kappa shape index (κ1) is 19.0. The average molecular weight is 401 g/mol. The number of amides is 1. The third-order valence-corrected chi connectivity index (χ3v) is 4.00. The average Bonchev–Trinajstić information content (AvgIpc) is 3.30. The van der Waals surface area contributed by atoms with Gasteiger partial charge < -0.3 is 10.1 Å². The highest BCUT2D eigenvalue weighted by molar-refractivity contribution is 6.01. The Hall–Kier alpha value is -4.33. The molecule has 4 aromatic rings. The van der Waals surface area contributed by atoms with Crippen LogP contribution in [0.25, 0.3) is 11.9 Å². The van der Waals surface area contributed by atoms with E-state index in [1.165, 1.54) is 36.7 Å². The van der Waals surface area contributed by atoms with Gasteiger partial charge >= 0.3 is 0 Å². The van der Waals surface area contributed by atoms with Crippen LogP contribution in [0.4, 0.5) is 10.1 Å². The second-order valence-corrected chi connectivity index (χ2v) is 6.16. The summed E-state index contributed by atoms with van der Waals surface area (Å²) in [5.41, 5.74) is 1.06. The molecule has 0 bridgehead atoms. The maximum atomic E-state index is 14.3. The first-order valence-electron chi connectivity index (χ1n) is 9.00. The van der Waals surface area contributed by atoms with E-state index in [0.29, 0.717) is 22.8 Å². The summed E-state index contributed by atoms with van der Waals surface area (Å²) >= 11 is 0. The molecule has 148 valence electrons. The van der Waals surface area contributed by atoms with Crippen LogP contribution < -0.4 is 10.1 Å². The number of hydrogen-bond acceptors (Lipinski definition) is 5. The number of nitrogens with one attached hydrogen (secondary N) is 1. The van der Waals surface area contributed by atoms with Gasteiger partial charge in [-0.05, 0) is 54.1 Å². The zero-order valence-electron chi connectivity index (χ0n) is 15.6. The number of carbonyl (C=O) groups is 1. The molecule has 0 fully saturated rings. The van der Waals surface area contributed by atoms with Gasteiger partial charge in [-0.2, -0.15) is 5.10 Å². The van der Waals surface area contributed by atoms with Crippen molar-refractivity contribution in [2.24, 2.45) is 0 Å². The molecule has 0 aliphatic heterocycles. The van der Waals surface area contributed by atoms with Gasteiger partial charge in [0.05, 0.1) is 18.1 Å². The third-order valence-electron chi connectivity index (χ3n) is 4.00. The predicted octanol–water partition coefficient (Wildman–Crippen LogP) is 4.25. The summed E-state index contributed by atoms with van der Waals surface area (Å²) in [6.07, 6.45) is 10.9. The van der Waals surface area contributed by atoms with E-state index in [2.05, 4.69) is 20.4 Å². The van der Waals surface area contributed by atoms with Gasteiger partial charge in [0, 0.05) is 24.7 Å². The molecule has 0 aliphatic carbocycles. The molecule has 0 saturated heterocycles. The fraction of sp³-hybridized carbons (Fsp3) is 0. The molecule has 0 aliphatic rings. The molecule has 0 spiro atoms. The monoisotopic (exact) mass is 401 g/mol. The minimum Gasteiger partial charge on any atom is -0.453 e. The number of nitrogens with zero attached hydrogens (tertiary/aromatic N) is 4. The number of pyridine rings is 2. The molecular formula is C22H16FN5O2. The van der Waals surface area contributed by atoms with Crippen molar-refractivity contribution in [3.05, 3.63) is 97.0 Å². The minimum atomic E-state index is -0.542. The van der Waals surface area contributed by atoms with E-state index in [4.69, 9.17) is 4.74 Å². The lowest BCUT2D eigenvalue weighted by Gasteiger charge is -2.06. The maximum Gasteiger partial charge on any atom is 0.248 e. The summed E-state index contributed by atoms with van der Waals surface area (Å²) in [6, 6.07) is 13.1. The van der Waals surface area contributed by atoms with Crippen LogP contribution in [0.1, 0.15) is 5.56 Å². The molecule has 1 N–H and O–H groups in total. The van der Waals surface area contributed by atoms with Gasteiger partial charge in [-0.1, -0.05) is 6.07 Å². The lowest BCUT2D eigenvalue weighted by atomic mass is 10.2. The quantitative estimate of drug-likeness (QED) is 0.489. The molecule has 3 aromatic heterocycles. The summed E-state index contributed by atoms with van der Waals surface area (Å²) in [7, 11) is 0. The summed E-state index contributed by atoms with van der Waals surface area (Å²) in [6.45, 7) is 0. The van der Waals surface area contributed by atoms with E-state index in [-0.39, 0.29) is 11.7 Å². The second kappa shape index (κ2) is 8.78. The Morgan fingerprint density at radius 2 is 2.03 bits per heavy atom. The van der Waals surface area contributed by atoms with E-state index in [1.807, 2.05) is 0 Å². The van der Waals surface area contributed by atoms with Crippen molar-refractivity contribution in [3.63, 3.8) is 0 Å². The number of hydrogen-bond donors (Lipinski definition) is 1. The number of aromatic nitrogens is 4. The van der Waals surface area contributed by atoms with E-state index >= 15 is 0 Å². The van der Waals surface area contributed by atoms with Crippen molar-refractivity contribution in [1.82, 2.24) is 19.7 Å². The Morgan fingerprint density at radius 1 is 1.10 bits per heavy atom. The number of anilines is 1. The molecular weight excluding hydrogens is 385 g/mol. The Labute approximate surface area is 171 Å². The molecule has 4 rings (SSSR count). The lowest BCUT2D eigenvalue weighted by Crippen LogP contribution is -2.08. The van der Waals surface area contributed by atoms with Gasteiger partial charge in [-0.15, -0.1) is 0 Å². The predicted molar refractivity (Wildman–Crippen MR) is 110 cm³/mol. The van der Waals surface area contributed by atoms with Gasteiger partial charge in [0.15, 0.2) is 17.4 Å². The third kappa shape index (κ3) is 4.74. The van der Waals surface area contributed by atoms with Crippen molar-refractivity contribution in [3.8, 4) is 17.3 Å². The van der Waals surface area contributed by atoms with Gasteiger partial charge in [0.25, 0.3) is 0 Å². The fourth-order valence-electron chi connectivity index (χ4n) is 2.59. The molecule has 30 heavy (non-hydrogen) atoms. The van der Waals surface area contributed by atoms with Crippen LogP contribution in [0.15, 0.2) is 85.6 Å². The Kier molecular flexibility index (Phi) is 5.56. The number of benzene rings is 1. The van der Waals surface area contributed by atoms with Crippen LogP contribution in [0.3, 0.4) is 0 Å². The number of rotatable bonds is 6. The van der Waals surface area contributed by atoms with Gasteiger partial charge in [0.1, 0.15) is 5.75 Å². The molecule has 1 aromatic carbocycles. The van der Waals surface area contributed by atoms with Crippen molar-refractivity contribution in [2.75, 3.05) is 5.32 Å². The standard InChI is InChI=1S/C22H16FN5O2/c23-19-13-16(4-7-20(19)30-18-3-1-10-24-15-18)5-9-22(29)27-17-6-8-21(25-14-17)28-12-2-11-26-28/h1-15H,(H,27,29)/b9-5+. The van der Waals surface area contributed by atoms with Crippen LogP contribution in [0, 0.1) is 5.82 Å². The van der Waals surface area contributed by atoms with Gasteiger partial charge in [-0.3, -0.25) is 9.78 Å². The maximum absolute atomic E-state index is 14.3. The second-order valence-electron chi connectivity index (χ2n) is 6.16.